The highest BCUT2D eigenvalue weighted by molar-refractivity contribution is 7.11. The molecule has 0 aromatic carbocycles. The Morgan fingerprint density at radius 1 is 1.56 bits per heavy atom. The second-order valence-corrected chi connectivity index (χ2v) is 4.99. The number of ether oxygens (including phenoxy) is 1. The molecule has 5 heteroatoms. The third-order valence-corrected chi connectivity index (χ3v) is 3.79. The Hall–Kier alpha value is -1.64. The van der Waals surface area contributed by atoms with Crippen LogP contribution in [0.25, 0.3) is 6.08 Å². The maximum Gasteiger partial charge on any atom is 0.264 e. The van der Waals surface area contributed by atoms with Crippen molar-refractivity contribution in [3.05, 3.63) is 27.5 Å². The van der Waals surface area contributed by atoms with E-state index in [1.807, 2.05) is 24.4 Å². The summed E-state index contributed by atoms with van der Waals surface area (Å²) in [5.74, 6) is -0.200. The number of thiophene rings is 1. The summed E-state index contributed by atoms with van der Waals surface area (Å²) in [5.41, 5.74) is 1.28. The number of carbonyl (C=O) groups is 1. The normalized spacial score (nSPS) is 16.4. The summed E-state index contributed by atoms with van der Waals surface area (Å²) >= 11 is 1.53. The number of nitrogens with zero attached hydrogens (tertiary/aromatic N) is 2. The van der Waals surface area contributed by atoms with Crippen LogP contribution in [-0.2, 0) is 9.53 Å². The third kappa shape index (κ3) is 2.78. The number of hydrogen-bond donors (Lipinski definition) is 0. The molecule has 1 aromatic heterocycles. The summed E-state index contributed by atoms with van der Waals surface area (Å²) in [5, 5.41) is 11.1. The quantitative estimate of drug-likeness (QED) is 0.603. The van der Waals surface area contributed by atoms with Crippen molar-refractivity contribution in [1.29, 1.82) is 5.26 Å². The van der Waals surface area contributed by atoms with Gasteiger partial charge in [-0.2, -0.15) is 5.26 Å². The predicted octanol–water partition coefficient (Wildman–Crippen LogP) is 1.82. The van der Waals surface area contributed by atoms with Gasteiger partial charge in [-0.25, -0.2) is 0 Å². The molecule has 0 aliphatic carbocycles. The lowest BCUT2D eigenvalue weighted by Gasteiger charge is -2.26. The monoisotopic (exact) mass is 262 g/mol. The molecule has 2 rings (SSSR count). The number of rotatable bonds is 2. The molecule has 4 nitrogen and oxygen atoms in total. The van der Waals surface area contributed by atoms with E-state index in [9.17, 15) is 4.79 Å². The van der Waals surface area contributed by atoms with Crippen LogP contribution >= 0.6 is 11.3 Å². The van der Waals surface area contributed by atoms with Gasteiger partial charge < -0.3 is 9.64 Å². The second kappa shape index (κ2) is 5.80. The van der Waals surface area contributed by atoms with E-state index in [1.165, 1.54) is 11.3 Å². The van der Waals surface area contributed by atoms with Crippen LogP contribution in [0.2, 0.25) is 0 Å². The van der Waals surface area contributed by atoms with Gasteiger partial charge in [0.2, 0.25) is 0 Å². The van der Waals surface area contributed by atoms with E-state index in [2.05, 4.69) is 0 Å². The minimum Gasteiger partial charge on any atom is -0.378 e. The molecule has 1 saturated heterocycles. The molecule has 0 radical (unpaired) electrons. The predicted molar refractivity (Wildman–Crippen MR) is 70.0 cm³/mol. The smallest absolute Gasteiger partial charge is 0.264 e. The first-order valence-electron chi connectivity index (χ1n) is 5.75. The molecule has 94 valence electrons. The molecule has 0 unspecified atom stereocenters. The third-order valence-electron chi connectivity index (χ3n) is 2.83. The average molecular weight is 262 g/mol. The minimum atomic E-state index is -0.200. The SMILES string of the molecule is Cc1ccsc1/C=C(\C#N)C(=O)N1CCOCC1. The fourth-order valence-electron chi connectivity index (χ4n) is 1.74. The minimum absolute atomic E-state index is 0.197. The molecule has 0 N–H and O–H groups in total. The summed E-state index contributed by atoms with van der Waals surface area (Å²) in [6.45, 7) is 4.17. The fraction of sp³-hybridized carbons (Fsp3) is 0.385. The fourth-order valence-corrected chi connectivity index (χ4v) is 2.60. The number of aryl methyl sites for hydroxylation is 1. The number of nitriles is 1. The van der Waals surface area contributed by atoms with Gasteiger partial charge in [-0.1, -0.05) is 0 Å². The topological polar surface area (TPSA) is 53.3 Å². The van der Waals surface area contributed by atoms with Gasteiger partial charge in [-0.15, -0.1) is 11.3 Å². The lowest BCUT2D eigenvalue weighted by molar-refractivity contribution is -0.130. The maximum atomic E-state index is 12.2. The second-order valence-electron chi connectivity index (χ2n) is 4.04. The molecule has 1 aromatic rings. The number of hydrogen-bond acceptors (Lipinski definition) is 4. The molecular weight excluding hydrogens is 248 g/mol. The van der Waals surface area contributed by atoms with Gasteiger partial charge >= 0.3 is 0 Å². The Bertz CT molecular complexity index is 507. The number of carbonyl (C=O) groups excluding carboxylic acids is 1. The van der Waals surface area contributed by atoms with E-state index in [0.717, 1.165) is 10.4 Å². The van der Waals surface area contributed by atoms with Crippen LogP contribution in [-0.4, -0.2) is 37.1 Å². The van der Waals surface area contributed by atoms with Crippen LogP contribution in [0.4, 0.5) is 0 Å². The molecule has 1 fully saturated rings. The van der Waals surface area contributed by atoms with Crippen LogP contribution in [0, 0.1) is 18.3 Å². The van der Waals surface area contributed by atoms with E-state index in [4.69, 9.17) is 10.00 Å². The molecule has 0 atom stereocenters. The molecule has 1 aliphatic rings. The van der Waals surface area contributed by atoms with Crippen LogP contribution < -0.4 is 0 Å². The average Bonchev–Trinajstić information content (AvgIpc) is 2.81. The van der Waals surface area contributed by atoms with Gasteiger partial charge in [0.05, 0.1) is 13.2 Å². The molecule has 0 spiro atoms. The van der Waals surface area contributed by atoms with Crippen LogP contribution in [0.5, 0.6) is 0 Å². The van der Waals surface area contributed by atoms with Gasteiger partial charge in [0, 0.05) is 18.0 Å². The highest BCUT2D eigenvalue weighted by Crippen LogP contribution is 2.20. The zero-order valence-corrected chi connectivity index (χ0v) is 11.0. The van der Waals surface area contributed by atoms with E-state index >= 15 is 0 Å². The highest BCUT2D eigenvalue weighted by Gasteiger charge is 2.20. The standard InChI is InChI=1S/C13H14N2O2S/c1-10-2-7-18-12(10)8-11(9-14)13(16)15-3-5-17-6-4-15/h2,7-8H,3-6H2,1H3/b11-8+. The van der Waals surface area contributed by atoms with E-state index in [-0.39, 0.29) is 11.5 Å². The zero-order valence-electron chi connectivity index (χ0n) is 10.2. The lowest BCUT2D eigenvalue weighted by Crippen LogP contribution is -2.41. The van der Waals surface area contributed by atoms with Crippen molar-refractivity contribution in [3.63, 3.8) is 0 Å². The van der Waals surface area contributed by atoms with Crippen molar-refractivity contribution in [2.24, 2.45) is 0 Å². The molecule has 0 saturated carbocycles. The summed E-state index contributed by atoms with van der Waals surface area (Å²) < 4.78 is 5.19. The Morgan fingerprint density at radius 2 is 2.28 bits per heavy atom. The first-order chi connectivity index (χ1) is 8.72. The lowest BCUT2D eigenvalue weighted by atomic mass is 10.2. The summed E-state index contributed by atoms with van der Waals surface area (Å²) in [6.07, 6.45) is 1.68. The van der Waals surface area contributed by atoms with Crippen LogP contribution in [0.3, 0.4) is 0 Å². The van der Waals surface area contributed by atoms with Crippen molar-refractivity contribution in [2.45, 2.75) is 6.92 Å². The maximum absolute atomic E-state index is 12.2. The summed E-state index contributed by atoms with van der Waals surface area (Å²) in [4.78, 5) is 14.8. The molecular formula is C13H14N2O2S. The van der Waals surface area contributed by atoms with Crippen LogP contribution in [0.15, 0.2) is 17.0 Å². The molecule has 1 amide bonds. The van der Waals surface area contributed by atoms with Crippen molar-refractivity contribution >= 4 is 23.3 Å². The van der Waals surface area contributed by atoms with Crippen molar-refractivity contribution in [2.75, 3.05) is 26.3 Å². The first-order valence-corrected chi connectivity index (χ1v) is 6.63. The van der Waals surface area contributed by atoms with Gasteiger partial charge in [-0.05, 0) is 30.0 Å². The van der Waals surface area contributed by atoms with Gasteiger partial charge in [0.25, 0.3) is 5.91 Å². The van der Waals surface area contributed by atoms with Gasteiger partial charge in [-0.3, -0.25) is 4.79 Å². The van der Waals surface area contributed by atoms with Gasteiger partial charge in [0.15, 0.2) is 0 Å². The molecule has 2 heterocycles. The zero-order chi connectivity index (χ0) is 13.0. The summed E-state index contributed by atoms with van der Waals surface area (Å²) in [7, 11) is 0. The van der Waals surface area contributed by atoms with Crippen molar-refractivity contribution in [1.82, 2.24) is 4.90 Å². The van der Waals surface area contributed by atoms with Gasteiger partial charge in [0.1, 0.15) is 11.6 Å². The molecule has 0 bridgehead atoms. The van der Waals surface area contributed by atoms with E-state index < -0.39 is 0 Å². The van der Waals surface area contributed by atoms with Crippen molar-refractivity contribution in [3.8, 4) is 6.07 Å². The summed E-state index contributed by atoms with van der Waals surface area (Å²) in [6, 6.07) is 3.98. The Labute approximate surface area is 110 Å². The van der Waals surface area contributed by atoms with E-state index in [0.29, 0.717) is 26.3 Å². The highest BCUT2D eigenvalue weighted by atomic mass is 32.1. The Morgan fingerprint density at radius 3 is 2.83 bits per heavy atom. The largest absolute Gasteiger partial charge is 0.378 e. The number of morpholine rings is 1. The van der Waals surface area contributed by atoms with E-state index in [1.54, 1.807) is 11.0 Å². The molecule has 18 heavy (non-hydrogen) atoms. The molecule has 1 aliphatic heterocycles. The Kier molecular flexibility index (Phi) is 4.13. The number of amides is 1. The van der Waals surface area contributed by atoms with Crippen LogP contribution in [0.1, 0.15) is 10.4 Å². The first kappa shape index (κ1) is 12.8. The van der Waals surface area contributed by atoms with Crippen molar-refractivity contribution < 1.29 is 9.53 Å². The Balaban J connectivity index is 2.18.